The van der Waals surface area contributed by atoms with E-state index in [4.69, 9.17) is 10.2 Å². The van der Waals surface area contributed by atoms with Crippen LogP contribution in [0.1, 0.15) is 11.6 Å². The fourth-order valence-corrected chi connectivity index (χ4v) is 1.33. The molecule has 0 saturated carbocycles. The Bertz CT molecular complexity index is 492. The molecule has 0 aliphatic carbocycles. The van der Waals surface area contributed by atoms with Crippen molar-refractivity contribution < 1.29 is 13.9 Å². The Morgan fingerprint density at radius 2 is 2.40 bits per heavy atom. The molecule has 0 radical (unpaired) electrons. The van der Waals surface area contributed by atoms with Gasteiger partial charge in [-0.1, -0.05) is 6.07 Å². The first kappa shape index (κ1) is 9.67. The summed E-state index contributed by atoms with van der Waals surface area (Å²) in [7, 11) is 1.30. The van der Waals surface area contributed by atoms with Crippen LogP contribution < -0.4 is 5.73 Å². The fourth-order valence-electron chi connectivity index (χ4n) is 1.33. The summed E-state index contributed by atoms with van der Waals surface area (Å²) in [6, 6.07) is 4.37. The van der Waals surface area contributed by atoms with Crippen LogP contribution in [-0.4, -0.2) is 18.1 Å². The Morgan fingerprint density at radius 3 is 3.13 bits per heavy atom. The molecule has 15 heavy (non-hydrogen) atoms. The van der Waals surface area contributed by atoms with E-state index in [2.05, 4.69) is 9.72 Å². The van der Waals surface area contributed by atoms with E-state index in [1.54, 1.807) is 18.2 Å². The zero-order valence-electron chi connectivity index (χ0n) is 8.14. The van der Waals surface area contributed by atoms with Gasteiger partial charge in [-0.2, -0.15) is 0 Å². The van der Waals surface area contributed by atoms with Crippen LogP contribution in [0.2, 0.25) is 0 Å². The molecule has 0 aliphatic rings. The molecule has 2 N–H and O–H groups in total. The molecule has 0 fully saturated rings. The molecule has 5 nitrogen and oxygen atoms in total. The third kappa shape index (κ3) is 1.69. The molecule has 1 aromatic heterocycles. The number of nitrogens with zero attached hydrogens (tertiary/aromatic N) is 1. The molecule has 0 saturated heterocycles. The maximum Gasteiger partial charge on any atom is 0.327 e. The van der Waals surface area contributed by atoms with E-state index in [-0.39, 0.29) is 0 Å². The highest BCUT2D eigenvalue weighted by atomic mass is 16.5. The summed E-state index contributed by atoms with van der Waals surface area (Å²) in [6.45, 7) is 0. The van der Waals surface area contributed by atoms with Gasteiger partial charge in [-0.25, -0.2) is 4.98 Å². The van der Waals surface area contributed by atoms with E-state index < -0.39 is 12.0 Å². The first-order valence-electron chi connectivity index (χ1n) is 4.39. The van der Waals surface area contributed by atoms with Crippen LogP contribution in [-0.2, 0) is 9.53 Å². The van der Waals surface area contributed by atoms with Gasteiger partial charge in [0.05, 0.1) is 7.11 Å². The van der Waals surface area contributed by atoms with Crippen LogP contribution in [0.15, 0.2) is 29.0 Å². The number of methoxy groups -OCH3 is 1. The van der Waals surface area contributed by atoms with Gasteiger partial charge in [-0.05, 0) is 17.7 Å². The van der Waals surface area contributed by atoms with Gasteiger partial charge in [0.1, 0.15) is 11.6 Å². The summed E-state index contributed by atoms with van der Waals surface area (Å²) in [5.41, 5.74) is 7.65. The molecular weight excluding hydrogens is 196 g/mol. The molecule has 1 atom stereocenters. The van der Waals surface area contributed by atoms with Crippen LogP contribution in [0.5, 0.6) is 0 Å². The summed E-state index contributed by atoms with van der Waals surface area (Å²) in [6.07, 6.45) is 1.35. The van der Waals surface area contributed by atoms with Crippen LogP contribution in [0.25, 0.3) is 11.1 Å². The van der Waals surface area contributed by atoms with Crippen LogP contribution in [0, 0.1) is 0 Å². The van der Waals surface area contributed by atoms with Gasteiger partial charge in [0.15, 0.2) is 12.0 Å². The molecule has 0 aliphatic heterocycles. The Labute approximate surface area is 85.8 Å². The second-order valence-electron chi connectivity index (χ2n) is 3.08. The predicted octanol–water partition coefficient (Wildman–Crippen LogP) is 1.00. The summed E-state index contributed by atoms with van der Waals surface area (Å²) in [4.78, 5) is 15.2. The lowest BCUT2D eigenvalue weighted by atomic mass is 10.1. The molecule has 78 valence electrons. The number of hydrogen-bond acceptors (Lipinski definition) is 5. The predicted molar refractivity (Wildman–Crippen MR) is 53.0 cm³/mol. The molecule has 0 bridgehead atoms. The van der Waals surface area contributed by atoms with Gasteiger partial charge >= 0.3 is 5.97 Å². The zero-order chi connectivity index (χ0) is 10.8. The van der Waals surface area contributed by atoms with E-state index in [0.717, 1.165) is 5.52 Å². The molecule has 0 spiro atoms. The highest BCUT2D eigenvalue weighted by molar-refractivity contribution is 5.80. The lowest BCUT2D eigenvalue weighted by Gasteiger charge is -2.08. The number of benzene rings is 1. The van der Waals surface area contributed by atoms with Crippen molar-refractivity contribution in [3.63, 3.8) is 0 Å². The van der Waals surface area contributed by atoms with Crippen molar-refractivity contribution in [1.82, 2.24) is 4.98 Å². The molecule has 2 rings (SSSR count). The number of carbonyl (C=O) groups excluding carboxylic acids is 1. The monoisotopic (exact) mass is 206 g/mol. The fraction of sp³-hybridized carbons (Fsp3) is 0.200. The van der Waals surface area contributed by atoms with Crippen LogP contribution >= 0.6 is 0 Å². The van der Waals surface area contributed by atoms with Crippen molar-refractivity contribution in [2.45, 2.75) is 6.04 Å². The van der Waals surface area contributed by atoms with Crippen molar-refractivity contribution in [3.05, 3.63) is 30.2 Å². The number of esters is 1. The summed E-state index contributed by atoms with van der Waals surface area (Å²) >= 11 is 0. The first-order valence-corrected chi connectivity index (χ1v) is 4.39. The average Bonchev–Trinajstić information content (AvgIpc) is 2.73. The minimum absolute atomic E-state index is 0.478. The standard InChI is InChI=1S/C10H10N2O3/c1-14-10(13)9(11)6-2-3-7-8(4-6)15-5-12-7/h2-5,9H,11H2,1H3. The third-order valence-corrected chi connectivity index (χ3v) is 2.17. The zero-order valence-corrected chi connectivity index (χ0v) is 8.14. The second-order valence-corrected chi connectivity index (χ2v) is 3.08. The minimum atomic E-state index is -0.788. The molecule has 1 unspecified atom stereocenters. The van der Waals surface area contributed by atoms with Crippen molar-refractivity contribution in [1.29, 1.82) is 0 Å². The Hall–Kier alpha value is -1.88. The van der Waals surface area contributed by atoms with E-state index in [1.165, 1.54) is 13.5 Å². The third-order valence-electron chi connectivity index (χ3n) is 2.17. The average molecular weight is 206 g/mol. The van der Waals surface area contributed by atoms with Crippen molar-refractivity contribution >= 4 is 17.1 Å². The van der Waals surface area contributed by atoms with Gasteiger partial charge in [0.25, 0.3) is 0 Å². The SMILES string of the molecule is COC(=O)C(N)c1ccc2ncoc2c1. The van der Waals surface area contributed by atoms with Gasteiger partial charge < -0.3 is 14.9 Å². The first-order chi connectivity index (χ1) is 7.22. The van der Waals surface area contributed by atoms with E-state index >= 15 is 0 Å². The number of hydrogen-bond donors (Lipinski definition) is 1. The highest BCUT2D eigenvalue weighted by Gasteiger charge is 2.16. The lowest BCUT2D eigenvalue weighted by Crippen LogP contribution is -2.22. The van der Waals surface area contributed by atoms with Gasteiger partial charge in [0, 0.05) is 0 Å². The Balaban J connectivity index is 2.39. The largest absolute Gasteiger partial charge is 0.468 e. The number of ether oxygens (including phenoxy) is 1. The molecule has 5 heteroatoms. The van der Waals surface area contributed by atoms with Crippen molar-refractivity contribution in [3.8, 4) is 0 Å². The minimum Gasteiger partial charge on any atom is -0.468 e. The van der Waals surface area contributed by atoms with Gasteiger partial charge in [0.2, 0.25) is 0 Å². The molecule has 2 aromatic rings. The quantitative estimate of drug-likeness (QED) is 0.741. The van der Waals surface area contributed by atoms with Crippen LogP contribution in [0.4, 0.5) is 0 Å². The summed E-state index contributed by atoms with van der Waals surface area (Å²) in [5, 5.41) is 0. The maximum absolute atomic E-state index is 11.2. The van der Waals surface area contributed by atoms with E-state index in [0.29, 0.717) is 11.1 Å². The molecule has 1 heterocycles. The van der Waals surface area contributed by atoms with Crippen molar-refractivity contribution in [2.75, 3.05) is 7.11 Å². The number of carbonyl (C=O) groups is 1. The van der Waals surface area contributed by atoms with E-state index in [9.17, 15) is 4.79 Å². The van der Waals surface area contributed by atoms with Gasteiger partial charge in [-0.15, -0.1) is 0 Å². The normalized spacial score (nSPS) is 12.7. The van der Waals surface area contributed by atoms with E-state index in [1.807, 2.05) is 0 Å². The number of nitrogens with two attached hydrogens (primary N) is 1. The number of oxazole rings is 1. The number of fused-ring (bicyclic) bond motifs is 1. The number of rotatable bonds is 2. The van der Waals surface area contributed by atoms with Gasteiger partial charge in [-0.3, -0.25) is 4.79 Å². The highest BCUT2D eigenvalue weighted by Crippen LogP contribution is 2.18. The van der Waals surface area contributed by atoms with Crippen molar-refractivity contribution in [2.24, 2.45) is 5.73 Å². The second kappa shape index (κ2) is 3.70. The molecule has 1 aromatic carbocycles. The molecular formula is C10H10N2O3. The molecule has 0 amide bonds. The summed E-state index contributed by atoms with van der Waals surface area (Å²) in [5.74, 6) is -0.478. The Morgan fingerprint density at radius 1 is 1.60 bits per heavy atom. The Kier molecular flexibility index (Phi) is 2.39. The maximum atomic E-state index is 11.2. The lowest BCUT2D eigenvalue weighted by molar-refractivity contribution is -0.142. The van der Waals surface area contributed by atoms with Crippen LogP contribution in [0.3, 0.4) is 0 Å². The smallest absolute Gasteiger partial charge is 0.327 e. The topological polar surface area (TPSA) is 78.4 Å². The number of aromatic nitrogens is 1. The summed E-state index contributed by atoms with van der Waals surface area (Å²) < 4.78 is 9.65.